The molecule has 21 heavy (non-hydrogen) atoms. The summed E-state index contributed by atoms with van der Waals surface area (Å²) in [5, 5.41) is 3.95. The first-order valence-electron chi connectivity index (χ1n) is 6.88. The summed E-state index contributed by atoms with van der Waals surface area (Å²) >= 11 is 0. The van der Waals surface area contributed by atoms with Gasteiger partial charge in [0.1, 0.15) is 5.75 Å². The van der Waals surface area contributed by atoms with Crippen molar-refractivity contribution in [2.24, 2.45) is 5.10 Å². The van der Waals surface area contributed by atoms with Crippen LogP contribution < -0.4 is 10.2 Å². The monoisotopic (exact) mass is 282 g/mol. The van der Waals surface area contributed by atoms with Crippen molar-refractivity contribution in [1.82, 2.24) is 5.43 Å². The number of nitrogens with zero attached hydrogens (tertiary/aromatic N) is 1. The molecule has 0 saturated heterocycles. The van der Waals surface area contributed by atoms with E-state index in [0.29, 0.717) is 18.6 Å². The zero-order valence-corrected chi connectivity index (χ0v) is 12.0. The Labute approximate surface area is 124 Å². The Kier molecular flexibility index (Phi) is 5.52. The van der Waals surface area contributed by atoms with Gasteiger partial charge in [-0.25, -0.2) is 5.43 Å². The van der Waals surface area contributed by atoms with Crippen LogP contribution in [0.5, 0.6) is 5.75 Å². The fourth-order valence-corrected chi connectivity index (χ4v) is 1.80. The number of carbonyl (C=O) groups excluding carboxylic acids is 1. The van der Waals surface area contributed by atoms with E-state index in [4.69, 9.17) is 4.74 Å². The minimum atomic E-state index is -0.234. The molecular formula is C17H18N2O2. The molecule has 0 heterocycles. The van der Waals surface area contributed by atoms with Gasteiger partial charge in [0.15, 0.2) is 0 Å². The van der Waals surface area contributed by atoms with Gasteiger partial charge in [-0.15, -0.1) is 0 Å². The van der Waals surface area contributed by atoms with Gasteiger partial charge in [0.2, 0.25) is 0 Å². The molecule has 108 valence electrons. The summed E-state index contributed by atoms with van der Waals surface area (Å²) < 4.78 is 5.33. The first kappa shape index (κ1) is 14.8. The molecule has 0 radical (unpaired) electrons. The maximum atomic E-state index is 11.9. The second-order valence-corrected chi connectivity index (χ2v) is 4.40. The smallest absolute Gasteiger partial charge is 0.271 e. The zero-order chi connectivity index (χ0) is 14.9. The molecular weight excluding hydrogens is 264 g/mol. The molecule has 1 N–H and O–H groups in total. The summed E-state index contributed by atoms with van der Waals surface area (Å²) in [4.78, 5) is 11.9. The molecule has 0 saturated carbocycles. The van der Waals surface area contributed by atoms with Gasteiger partial charge >= 0.3 is 0 Å². The minimum Gasteiger partial charge on any atom is -0.494 e. The number of hydrazone groups is 1. The highest BCUT2D eigenvalue weighted by molar-refractivity contribution is 5.94. The molecule has 1 amide bonds. The van der Waals surface area contributed by atoms with Crippen LogP contribution in [0.15, 0.2) is 59.7 Å². The van der Waals surface area contributed by atoms with Gasteiger partial charge < -0.3 is 4.74 Å². The van der Waals surface area contributed by atoms with Crippen LogP contribution in [0.25, 0.3) is 0 Å². The Bertz CT molecular complexity index is 592. The SMILES string of the molecule is CCOc1ccc(C(=O)NN=CCc2ccccc2)cc1. The number of ether oxygens (including phenoxy) is 1. The number of hydrogen-bond donors (Lipinski definition) is 1. The lowest BCUT2D eigenvalue weighted by Gasteiger charge is -2.04. The first-order chi connectivity index (χ1) is 10.3. The molecule has 0 aromatic heterocycles. The molecule has 0 unspecified atom stereocenters. The number of amides is 1. The van der Waals surface area contributed by atoms with E-state index in [2.05, 4.69) is 10.5 Å². The Balaban J connectivity index is 1.83. The van der Waals surface area contributed by atoms with Crippen LogP contribution in [0.3, 0.4) is 0 Å². The molecule has 0 aliphatic carbocycles. The predicted molar refractivity (Wildman–Crippen MR) is 83.7 cm³/mol. The third-order valence-electron chi connectivity index (χ3n) is 2.85. The van der Waals surface area contributed by atoms with E-state index in [1.54, 1.807) is 30.5 Å². The summed E-state index contributed by atoms with van der Waals surface area (Å²) in [6, 6.07) is 16.9. The van der Waals surface area contributed by atoms with E-state index >= 15 is 0 Å². The largest absolute Gasteiger partial charge is 0.494 e. The lowest BCUT2D eigenvalue weighted by atomic mass is 10.2. The van der Waals surface area contributed by atoms with Crippen molar-refractivity contribution >= 4 is 12.1 Å². The van der Waals surface area contributed by atoms with Gasteiger partial charge in [0, 0.05) is 18.2 Å². The van der Waals surface area contributed by atoms with Crippen molar-refractivity contribution in [3.8, 4) is 5.75 Å². The van der Waals surface area contributed by atoms with Crippen molar-refractivity contribution in [3.63, 3.8) is 0 Å². The minimum absolute atomic E-state index is 0.234. The topological polar surface area (TPSA) is 50.7 Å². The maximum Gasteiger partial charge on any atom is 0.271 e. The van der Waals surface area contributed by atoms with Crippen molar-refractivity contribution in [3.05, 3.63) is 65.7 Å². The summed E-state index contributed by atoms with van der Waals surface area (Å²) in [6.07, 6.45) is 2.37. The number of hydrogen-bond acceptors (Lipinski definition) is 3. The summed E-state index contributed by atoms with van der Waals surface area (Å²) in [5.41, 5.74) is 4.21. The molecule has 0 aliphatic rings. The molecule has 0 atom stereocenters. The molecule has 0 aliphatic heterocycles. The summed E-state index contributed by atoms with van der Waals surface area (Å²) in [6.45, 7) is 2.53. The van der Waals surface area contributed by atoms with E-state index in [-0.39, 0.29) is 5.91 Å². The van der Waals surface area contributed by atoms with Crippen LogP contribution in [0, 0.1) is 0 Å². The molecule has 2 aromatic rings. The lowest BCUT2D eigenvalue weighted by molar-refractivity contribution is 0.0955. The average molecular weight is 282 g/mol. The van der Waals surface area contributed by atoms with Gasteiger partial charge in [-0.1, -0.05) is 30.3 Å². The van der Waals surface area contributed by atoms with Gasteiger partial charge in [-0.3, -0.25) is 4.79 Å². The van der Waals surface area contributed by atoms with Crippen molar-refractivity contribution in [2.45, 2.75) is 13.3 Å². The highest BCUT2D eigenvalue weighted by Crippen LogP contribution is 2.11. The highest BCUT2D eigenvalue weighted by atomic mass is 16.5. The van der Waals surface area contributed by atoms with E-state index < -0.39 is 0 Å². The second kappa shape index (κ2) is 7.85. The average Bonchev–Trinajstić information content (AvgIpc) is 2.53. The zero-order valence-electron chi connectivity index (χ0n) is 12.0. The van der Waals surface area contributed by atoms with Gasteiger partial charge in [-0.05, 0) is 36.8 Å². The quantitative estimate of drug-likeness (QED) is 0.654. The molecule has 4 nitrogen and oxygen atoms in total. The van der Waals surface area contributed by atoms with E-state index in [1.807, 2.05) is 37.3 Å². The molecule has 0 spiro atoms. The number of rotatable bonds is 6. The molecule has 0 bridgehead atoms. The highest BCUT2D eigenvalue weighted by Gasteiger charge is 2.03. The Morgan fingerprint density at radius 3 is 2.52 bits per heavy atom. The van der Waals surface area contributed by atoms with Crippen molar-refractivity contribution in [1.29, 1.82) is 0 Å². The number of benzene rings is 2. The van der Waals surface area contributed by atoms with E-state index in [9.17, 15) is 4.79 Å². The third-order valence-corrected chi connectivity index (χ3v) is 2.85. The second-order valence-electron chi connectivity index (χ2n) is 4.40. The standard InChI is InChI=1S/C17H18N2O2/c1-2-21-16-10-8-15(9-11-16)17(20)19-18-13-12-14-6-4-3-5-7-14/h3-11,13H,2,12H2,1H3,(H,19,20). The molecule has 2 aromatic carbocycles. The van der Waals surface area contributed by atoms with Gasteiger partial charge in [-0.2, -0.15) is 5.10 Å². The van der Waals surface area contributed by atoms with Crippen LogP contribution in [-0.4, -0.2) is 18.7 Å². The molecule has 4 heteroatoms. The number of nitrogens with one attached hydrogen (secondary N) is 1. The van der Waals surface area contributed by atoms with Gasteiger partial charge in [0.05, 0.1) is 6.61 Å². The lowest BCUT2D eigenvalue weighted by Crippen LogP contribution is -2.17. The Morgan fingerprint density at radius 2 is 1.86 bits per heavy atom. The van der Waals surface area contributed by atoms with Crippen LogP contribution in [0.4, 0.5) is 0 Å². The van der Waals surface area contributed by atoms with Crippen LogP contribution in [-0.2, 0) is 6.42 Å². The van der Waals surface area contributed by atoms with Crippen molar-refractivity contribution in [2.75, 3.05) is 6.61 Å². The Hall–Kier alpha value is -2.62. The van der Waals surface area contributed by atoms with Crippen LogP contribution >= 0.6 is 0 Å². The first-order valence-corrected chi connectivity index (χ1v) is 6.88. The normalized spacial score (nSPS) is 10.5. The van der Waals surface area contributed by atoms with E-state index in [0.717, 1.165) is 11.3 Å². The van der Waals surface area contributed by atoms with Gasteiger partial charge in [0.25, 0.3) is 5.91 Å². The van der Waals surface area contributed by atoms with Crippen molar-refractivity contribution < 1.29 is 9.53 Å². The van der Waals surface area contributed by atoms with E-state index in [1.165, 1.54) is 0 Å². The summed E-state index contributed by atoms with van der Waals surface area (Å²) in [5.74, 6) is 0.518. The fraction of sp³-hybridized carbons (Fsp3) is 0.176. The maximum absolute atomic E-state index is 11.9. The van der Waals surface area contributed by atoms with Crippen LogP contribution in [0.1, 0.15) is 22.8 Å². The predicted octanol–water partition coefficient (Wildman–Crippen LogP) is 3.04. The fourth-order valence-electron chi connectivity index (χ4n) is 1.80. The summed E-state index contributed by atoms with van der Waals surface area (Å²) in [7, 11) is 0. The van der Waals surface area contributed by atoms with Crippen LogP contribution in [0.2, 0.25) is 0 Å². The molecule has 2 rings (SSSR count). The Morgan fingerprint density at radius 1 is 1.14 bits per heavy atom. The molecule has 0 fully saturated rings. The third kappa shape index (κ3) is 4.76. The number of carbonyl (C=O) groups is 1.